The molecule has 0 aliphatic carbocycles. The van der Waals surface area contributed by atoms with E-state index in [1.807, 2.05) is 32.0 Å². The first-order valence-corrected chi connectivity index (χ1v) is 7.87. The van der Waals surface area contributed by atoms with Crippen molar-refractivity contribution in [1.29, 1.82) is 0 Å². The van der Waals surface area contributed by atoms with Crippen LogP contribution in [0.1, 0.15) is 29.3 Å². The predicted octanol–water partition coefficient (Wildman–Crippen LogP) is 2.94. The zero-order chi connectivity index (χ0) is 17.3. The van der Waals surface area contributed by atoms with Crippen LogP contribution >= 0.6 is 0 Å². The third-order valence-corrected chi connectivity index (χ3v) is 4.11. The predicted molar refractivity (Wildman–Crippen MR) is 92.1 cm³/mol. The number of nitrogens with zero attached hydrogens (tertiary/aromatic N) is 1. The summed E-state index contributed by atoms with van der Waals surface area (Å²) in [7, 11) is 0. The van der Waals surface area contributed by atoms with Crippen LogP contribution in [0.15, 0.2) is 48.5 Å². The van der Waals surface area contributed by atoms with Gasteiger partial charge in [-0.3, -0.25) is 19.3 Å². The van der Waals surface area contributed by atoms with Gasteiger partial charge >= 0.3 is 0 Å². The number of nitrogens with one attached hydrogen (secondary N) is 1. The Morgan fingerprint density at radius 3 is 2.58 bits per heavy atom. The molecule has 5 nitrogen and oxygen atoms in total. The van der Waals surface area contributed by atoms with Crippen molar-refractivity contribution in [1.82, 2.24) is 0 Å². The summed E-state index contributed by atoms with van der Waals surface area (Å²) in [4.78, 5) is 38.5. The molecular formula is C19H18N2O3. The van der Waals surface area contributed by atoms with Gasteiger partial charge in [-0.05, 0) is 43.2 Å². The normalized spacial score (nSPS) is 14.5. The number of fused-ring (bicyclic) bond motifs is 1. The van der Waals surface area contributed by atoms with E-state index in [0.29, 0.717) is 23.4 Å². The first-order chi connectivity index (χ1) is 11.5. The van der Waals surface area contributed by atoms with Gasteiger partial charge in [-0.15, -0.1) is 0 Å². The fraction of sp³-hybridized carbons (Fsp3) is 0.211. The van der Waals surface area contributed by atoms with Crippen molar-refractivity contribution >= 4 is 29.0 Å². The van der Waals surface area contributed by atoms with E-state index >= 15 is 0 Å². The van der Waals surface area contributed by atoms with E-state index in [0.717, 1.165) is 5.56 Å². The second-order valence-electron chi connectivity index (χ2n) is 5.80. The highest BCUT2D eigenvalue weighted by molar-refractivity contribution is 6.52. The summed E-state index contributed by atoms with van der Waals surface area (Å²) >= 11 is 0. The topological polar surface area (TPSA) is 66.5 Å². The Labute approximate surface area is 140 Å². The zero-order valence-corrected chi connectivity index (χ0v) is 13.6. The molecule has 2 aromatic rings. The van der Waals surface area contributed by atoms with E-state index in [-0.39, 0.29) is 5.91 Å². The summed E-state index contributed by atoms with van der Waals surface area (Å²) in [6.07, 6.45) is 0.408. The highest BCUT2D eigenvalue weighted by atomic mass is 16.2. The van der Waals surface area contributed by atoms with E-state index < -0.39 is 17.7 Å². The monoisotopic (exact) mass is 322 g/mol. The Hall–Kier alpha value is -2.95. The van der Waals surface area contributed by atoms with E-state index in [9.17, 15) is 14.4 Å². The van der Waals surface area contributed by atoms with Crippen molar-refractivity contribution in [2.24, 2.45) is 0 Å². The summed E-state index contributed by atoms with van der Waals surface area (Å²) in [6.45, 7) is 3.76. The molecule has 1 aliphatic rings. The zero-order valence-electron chi connectivity index (χ0n) is 13.6. The smallest absolute Gasteiger partial charge is 0.300 e. The summed E-state index contributed by atoms with van der Waals surface area (Å²) in [6, 6.07) is 13.5. The number of para-hydroxylation sites is 1. The standard InChI is InChI=1S/C19H18N2O3/c1-3-15(18(23)20-13-8-6-7-12(2)11-13)21-16-10-5-4-9-14(16)17(22)19(21)24/h4-11,15H,3H2,1-2H3,(H,20,23). The van der Waals surface area contributed by atoms with Crippen LogP contribution in [0.5, 0.6) is 0 Å². The van der Waals surface area contributed by atoms with Gasteiger partial charge < -0.3 is 5.32 Å². The molecule has 2 aromatic carbocycles. The van der Waals surface area contributed by atoms with Gasteiger partial charge in [-0.25, -0.2) is 0 Å². The van der Waals surface area contributed by atoms with Crippen molar-refractivity contribution in [3.05, 3.63) is 59.7 Å². The molecule has 1 atom stereocenters. The molecule has 0 spiro atoms. The van der Waals surface area contributed by atoms with Crippen LogP contribution in [0.25, 0.3) is 0 Å². The van der Waals surface area contributed by atoms with Crippen LogP contribution in [-0.2, 0) is 9.59 Å². The molecule has 0 fully saturated rings. The highest BCUT2D eigenvalue weighted by Gasteiger charge is 2.41. The number of benzene rings is 2. The lowest BCUT2D eigenvalue weighted by Crippen LogP contribution is -2.46. The first-order valence-electron chi connectivity index (χ1n) is 7.87. The minimum atomic E-state index is -0.731. The molecule has 1 unspecified atom stereocenters. The maximum Gasteiger partial charge on any atom is 0.300 e. The van der Waals surface area contributed by atoms with Crippen molar-refractivity contribution in [2.45, 2.75) is 26.3 Å². The van der Waals surface area contributed by atoms with Crippen LogP contribution in [0.3, 0.4) is 0 Å². The molecule has 0 saturated carbocycles. The maximum atomic E-state index is 12.7. The molecular weight excluding hydrogens is 304 g/mol. The van der Waals surface area contributed by atoms with Gasteiger partial charge in [0, 0.05) is 5.69 Å². The van der Waals surface area contributed by atoms with E-state index in [1.54, 1.807) is 30.3 Å². The lowest BCUT2D eigenvalue weighted by Gasteiger charge is -2.26. The van der Waals surface area contributed by atoms with Gasteiger partial charge in [-0.2, -0.15) is 0 Å². The molecule has 0 bridgehead atoms. The molecule has 0 aromatic heterocycles. The number of carbonyl (C=O) groups excluding carboxylic acids is 3. The molecule has 5 heteroatoms. The number of rotatable bonds is 4. The Bertz CT molecular complexity index is 829. The summed E-state index contributed by atoms with van der Waals surface area (Å²) in [5, 5.41) is 2.83. The van der Waals surface area contributed by atoms with Crippen LogP contribution in [0.2, 0.25) is 0 Å². The SMILES string of the molecule is CCC(C(=O)Nc1cccc(C)c1)N1C(=O)C(=O)c2ccccc21. The highest BCUT2D eigenvalue weighted by Crippen LogP contribution is 2.31. The molecule has 0 radical (unpaired) electrons. The number of hydrogen-bond acceptors (Lipinski definition) is 3. The molecule has 122 valence electrons. The second kappa shape index (κ2) is 6.28. The van der Waals surface area contributed by atoms with Gasteiger partial charge in [0.05, 0.1) is 11.3 Å². The van der Waals surface area contributed by atoms with Crippen LogP contribution in [-0.4, -0.2) is 23.6 Å². The third-order valence-electron chi connectivity index (χ3n) is 4.11. The lowest BCUT2D eigenvalue weighted by atomic mass is 10.1. The number of aryl methyl sites for hydroxylation is 1. The van der Waals surface area contributed by atoms with Crippen molar-refractivity contribution in [2.75, 3.05) is 10.2 Å². The maximum absolute atomic E-state index is 12.7. The number of anilines is 2. The average Bonchev–Trinajstić information content (AvgIpc) is 2.81. The quantitative estimate of drug-likeness (QED) is 0.880. The van der Waals surface area contributed by atoms with Crippen molar-refractivity contribution < 1.29 is 14.4 Å². The second-order valence-corrected chi connectivity index (χ2v) is 5.80. The fourth-order valence-electron chi connectivity index (χ4n) is 2.95. The Morgan fingerprint density at radius 1 is 1.12 bits per heavy atom. The number of amides is 2. The molecule has 24 heavy (non-hydrogen) atoms. The van der Waals surface area contributed by atoms with E-state index in [4.69, 9.17) is 0 Å². The van der Waals surface area contributed by atoms with E-state index in [1.165, 1.54) is 4.90 Å². The van der Waals surface area contributed by atoms with Crippen LogP contribution < -0.4 is 10.2 Å². The number of ketones is 1. The summed E-state index contributed by atoms with van der Waals surface area (Å²) in [5.41, 5.74) is 2.55. The number of hydrogen-bond donors (Lipinski definition) is 1. The van der Waals surface area contributed by atoms with Crippen LogP contribution in [0, 0.1) is 6.92 Å². The Balaban J connectivity index is 1.90. The first kappa shape index (κ1) is 15.9. The summed E-state index contributed by atoms with van der Waals surface area (Å²) < 4.78 is 0. The van der Waals surface area contributed by atoms with Crippen LogP contribution in [0.4, 0.5) is 11.4 Å². The molecule has 1 N–H and O–H groups in total. The number of carbonyl (C=O) groups is 3. The molecule has 2 amide bonds. The molecule has 0 saturated heterocycles. The third kappa shape index (κ3) is 2.69. The molecule has 1 aliphatic heterocycles. The molecule has 3 rings (SSSR count). The fourth-order valence-corrected chi connectivity index (χ4v) is 2.95. The minimum absolute atomic E-state index is 0.305. The minimum Gasteiger partial charge on any atom is -0.324 e. The van der Waals surface area contributed by atoms with Gasteiger partial charge in [0.15, 0.2) is 0 Å². The molecule has 1 heterocycles. The van der Waals surface area contributed by atoms with E-state index in [2.05, 4.69) is 5.32 Å². The Morgan fingerprint density at radius 2 is 1.88 bits per heavy atom. The number of Topliss-reactive ketones (excluding diaryl/α,β-unsaturated/α-hetero) is 1. The van der Waals surface area contributed by atoms with Gasteiger partial charge in [0.25, 0.3) is 11.7 Å². The largest absolute Gasteiger partial charge is 0.324 e. The average molecular weight is 322 g/mol. The van der Waals surface area contributed by atoms with Crippen molar-refractivity contribution in [3.8, 4) is 0 Å². The van der Waals surface area contributed by atoms with Crippen molar-refractivity contribution in [3.63, 3.8) is 0 Å². The Kier molecular flexibility index (Phi) is 4.16. The van der Waals surface area contributed by atoms with Gasteiger partial charge in [0.1, 0.15) is 6.04 Å². The summed E-state index contributed by atoms with van der Waals surface area (Å²) in [5.74, 6) is -1.52. The lowest BCUT2D eigenvalue weighted by molar-refractivity contribution is -0.121. The van der Waals surface area contributed by atoms with Gasteiger partial charge in [0.2, 0.25) is 5.91 Å². The van der Waals surface area contributed by atoms with Gasteiger partial charge in [-0.1, -0.05) is 31.2 Å².